The third kappa shape index (κ3) is 14.4. The van der Waals surface area contributed by atoms with Gasteiger partial charge in [-0.2, -0.15) is 0 Å². The van der Waals surface area contributed by atoms with Crippen LogP contribution in [0.25, 0.3) is 0 Å². The first-order valence-corrected chi connectivity index (χ1v) is 18.1. The quantitative estimate of drug-likeness (QED) is 0.170. The Kier molecular flexibility index (Phi) is 16.8. The van der Waals surface area contributed by atoms with Gasteiger partial charge in [0.05, 0.1) is 25.6 Å². The Morgan fingerprint density at radius 3 is 1.76 bits per heavy atom. The monoisotopic (exact) mass is 782 g/mol. The van der Waals surface area contributed by atoms with Gasteiger partial charge >= 0.3 is 24.1 Å². The van der Waals surface area contributed by atoms with Gasteiger partial charge in [-0.15, -0.1) is 0 Å². The molecule has 0 radical (unpaired) electrons. The molecule has 2 amide bonds. The number of methoxy groups -OCH3 is 2. The highest BCUT2D eigenvalue weighted by Crippen LogP contribution is 2.36. The number of amides is 2. The number of benzene rings is 2. The first kappa shape index (κ1) is 43.4. The molecule has 2 aromatic rings. The van der Waals surface area contributed by atoms with Crippen molar-refractivity contribution in [2.45, 2.75) is 90.2 Å². The van der Waals surface area contributed by atoms with Crippen LogP contribution in [0.2, 0.25) is 0 Å². The summed E-state index contributed by atoms with van der Waals surface area (Å²) in [5, 5.41) is 0.583. The maximum absolute atomic E-state index is 14.1. The predicted octanol–water partition coefficient (Wildman–Crippen LogP) is 8.09. The summed E-state index contributed by atoms with van der Waals surface area (Å²) in [4.78, 5) is 51.3. The van der Waals surface area contributed by atoms with Crippen LogP contribution < -0.4 is 0 Å². The van der Waals surface area contributed by atoms with Gasteiger partial charge < -0.3 is 28.7 Å². The largest absolute Gasteiger partial charge is 0.469 e. The van der Waals surface area contributed by atoms with E-state index in [0.29, 0.717) is 48.9 Å². The first-order valence-electron chi connectivity index (χ1n) is 17.0. The van der Waals surface area contributed by atoms with Gasteiger partial charge in [0.2, 0.25) is 0 Å². The van der Waals surface area contributed by atoms with Crippen molar-refractivity contribution in [3.05, 3.63) is 71.3 Å². The molecule has 0 bridgehead atoms. The standard InChI is InChI=1S/C19H26FNO4.C12H21NO4.C7H6BrF/c1-18(2,3)25-17(23)21-11-7-10-19(13-21,16(22)24-4)12-14-8-5-6-9-15(14)20;1-12(2,3)17-11(15)13-7-5-6-9(8-13)10(14)16-4;8-5-6-3-1-2-4-7(6)9/h5-6,8-9H,7,10-13H2,1-4H3;9H,5-8H2,1-4H3;1-4H,5H2. The summed E-state index contributed by atoms with van der Waals surface area (Å²) in [6, 6.07) is 13.1. The number of esters is 2. The van der Waals surface area contributed by atoms with Crippen molar-refractivity contribution >= 4 is 40.1 Å². The van der Waals surface area contributed by atoms with E-state index in [1.54, 1.807) is 56.0 Å². The smallest absolute Gasteiger partial charge is 0.410 e. The third-order valence-corrected chi connectivity index (χ3v) is 8.65. The van der Waals surface area contributed by atoms with E-state index in [9.17, 15) is 28.0 Å². The van der Waals surface area contributed by atoms with E-state index in [-0.39, 0.29) is 42.6 Å². The number of carbonyl (C=O) groups excluding carboxylic acids is 4. The predicted molar refractivity (Wildman–Crippen MR) is 193 cm³/mol. The highest BCUT2D eigenvalue weighted by Gasteiger charge is 2.45. The molecule has 51 heavy (non-hydrogen) atoms. The average Bonchev–Trinajstić information content (AvgIpc) is 3.08. The van der Waals surface area contributed by atoms with Crippen molar-refractivity contribution in [3.63, 3.8) is 0 Å². The van der Waals surface area contributed by atoms with Crippen LogP contribution in [0, 0.1) is 23.0 Å². The highest BCUT2D eigenvalue weighted by molar-refractivity contribution is 9.08. The van der Waals surface area contributed by atoms with E-state index in [1.165, 1.54) is 31.3 Å². The summed E-state index contributed by atoms with van der Waals surface area (Å²) < 4.78 is 47.1. The molecular formula is C38H53BrF2N2O8. The van der Waals surface area contributed by atoms with Crippen LogP contribution in [-0.4, -0.2) is 85.5 Å². The first-order chi connectivity index (χ1) is 23.8. The van der Waals surface area contributed by atoms with Crippen LogP contribution in [0.15, 0.2) is 48.5 Å². The fourth-order valence-corrected chi connectivity index (χ4v) is 6.11. The number of likely N-dealkylation sites (tertiary alicyclic amines) is 2. The fraction of sp³-hybridized carbons (Fsp3) is 0.579. The summed E-state index contributed by atoms with van der Waals surface area (Å²) in [6.07, 6.45) is 2.10. The molecule has 0 N–H and O–H groups in total. The molecule has 2 heterocycles. The summed E-state index contributed by atoms with van der Waals surface area (Å²) in [7, 11) is 2.69. The lowest BCUT2D eigenvalue weighted by Crippen LogP contribution is -2.52. The second-order valence-corrected chi connectivity index (χ2v) is 15.1. The van der Waals surface area contributed by atoms with Crippen LogP contribution in [-0.2, 0) is 40.3 Å². The molecule has 2 aromatic carbocycles. The number of piperidine rings is 2. The van der Waals surface area contributed by atoms with Gasteiger partial charge in [-0.1, -0.05) is 52.3 Å². The molecule has 0 spiro atoms. The number of alkyl halides is 1. The van der Waals surface area contributed by atoms with Crippen LogP contribution in [0.1, 0.15) is 78.4 Å². The molecule has 0 saturated carbocycles. The lowest BCUT2D eigenvalue weighted by Gasteiger charge is -2.41. The maximum Gasteiger partial charge on any atom is 0.410 e. The minimum atomic E-state index is -0.966. The zero-order chi connectivity index (χ0) is 38.4. The molecule has 0 aromatic heterocycles. The SMILES string of the molecule is COC(=O)C1(Cc2ccccc2F)CCCN(C(=O)OC(C)(C)C)C1.COC(=O)C1CCCN(C(=O)OC(C)(C)C)C1.Fc1ccccc1CBr. The zero-order valence-corrected chi connectivity index (χ0v) is 32.6. The minimum absolute atomic E-state index is 0.144. The minimum Gasteiger partial charge on any atom is -0.469 e. The molecule has 4 rings (SSSR count). The van der Waals surface area contributed by atoms with Crippen LogP contribution in [0.3, 0.4) is 0 Å². The molecule has 2 fully saturated rings. The fourth-order valence-electron chi connectivity index (χ4n) is 5.66. The summed E-state index contributed by atoms with van der Waals surface area (Å²) in [5.41, 5.74) is -0.938. The molecule has 2 unspecified atom stereocenters. The second kappa shape index (κ2) is 19.8. The number of hydrogen-bond donors (Lipinski definition) is 0. The zero-order valence-electron chi connectivity index (χ0n) is 31.1. The van der Waals surface area contributed by atoms with Crippen LogP contribution in [0.4, 0.5) is 18.4 Å². The lowest BCUT2D eigenvalue weighted by atomic mass is 9.75. The normalized spacial score (nSPS) is 18.9. The summed E-state index contributed by atoms with van der Waals surface area (Å²) in [5.74, 6) is -1.40. The molecule has 13 heteroatoms. The van der Waals surface area contributed by atoms with Crippen molar-refractivity contribution in [1.29, 1.82) is 0 Å². The number of hydrogen-bond acceptors (Lipinski definition) is 8. The summed E-state index contributed by atoms with van der Waals surface area (Å²) >= 11 is 3.17. The van der Waals surface area contributed by atoms with Crippen molar-refractivity contribution < 1.29 is 46.9 Å². The second-order valence-electron chi connectivity index (χ2n) is 14.6. The number of halogens is 3. The van der Waals surface area contributed by atoms with E-state index >= 15 is 0 Å². The van der Waals surface area contributed by atoms with Gasteiger partial charge in [-0.05, 0) is 96.9 Å². The Morgan fingerprint density at radius 2 is 1.29 bits per heavy atom. The van der Waals surface area contributed by atoms with Crippen molar-refractivity contribution in [1.82, 2.24) is 9.80 Å². The molecular weight excluding hydrogens is 730 g/mol. The third-order valence-electron chi connectivity index (χ3n) is 8.04. The maximum atomic E-state index is 14.1. The van der Waals surface area contributed by atoms with Crippen molar-refractivity contribution in [2.75, 3.05) is 40.4 Å². The number of ether oxygens (including phenoxy) is 4. The lowest BCUT2D eigenvalue weighted by molar-refractivity contribution is -0.156. The van der Waals surface area contributed by atoms with E-state index in [4.69, 9.17) is 18.9 Å². The van der Waals surface area contributed by atoms with Crippen LogP contribution in [0.5, 0.6) is 0 Å². The Balaban J connectivity index is 0.000000297. The molecule has 10 nitrogen and oxygen atoms in total. The van der Waals surface area contributed by atoms with Gasteiger partial charge in [0.15, 0.2) is 0 Å². The summed E-state index contributed by atoms with van der Waals surface area (Å²) in [6.45, 7) is 12.6. The molecule has 2 atom stereocenters. The Hall–Kier alpha value is -3.74. The van der Waals surface area contributed by atoms with E-state index in [1.807, 2.05) is 26.8 Å². The molecule has 284 valence electrons. The van der Waals surface area contributed by atoms with Gasteiger partial charge in [-0.25, -0.2) is 18.4 Å². The van der Waals surface area contributed by atoms with Crippen LogP contribution >= 0.6 is 15.9 Å². The number of carbonyl (C=O) groups is 4. The number of nitrogens with zero attached hydrogens (tertiary/aromatic N) is 2. The molecule has 0 aliphatic carbocycles. The average molecular weight is 784 g/mol. The number of rotatable bonds is 5. The molecule has 2 aliphatic heterocycles. The molecule has 2 aliphatic rings. The van der Waals surface area contributed by atoms with E-state index in [0.717, 1.165) is 12.8 Å². The van der Waals surface area contributed by atoms with Crippen molar-refractivity contribution in [2.24, 2.45) is 11.3 Å². The Labute approximate surface area is 309 Å². The van der Waals surface area contributed by atoms with Gasteiger partial charge in [0.1, 0.15) is 22.8 Å². The van der Waals surface area contributed by atoms with E-state index in [2.05, 4.69) is 15.9 Å². The highest BCUT2D eigenvalue weighted by atomic mass is 79.9. The van der Waals surface area contributed by atoms with Gasteiger partial charge in [0, 0.05) is 31.5 Å². The molecule has 2 saturated heterocycles. The van der Waals surface area contributed by atoms with Crippen molar-refractivity contribution in [3.8, 4) is 0 Å². The van der Waals surface area contributed by atoms with Gasteiger partial charge in [-0.3, -0.25) is 9.59 Å². The Bertz CT molecular complexity index is 1460. The van der Waals surface area contributed by atoms with E-state index < -0.39 is 28.7 Å². The topological polar surface area (TPSA) is 112 Å². The van der Waals surface area contributed by atoms with Gasteiger partial charge in [0.25, 0.3) is 0 Å². The Morgan fingerprint density at radius 1 is 0.784 bits per heavy atom.